The molecular weight excluding hydrogens is 573 g/mol. The molecule has 0 bridgehead atoms. The molecule has 0 aliphatic carbocycles. The van der Waals surface area contributed by atoms with Crippen LogP contribution in [0.15, 0.2) is 133 Å². The predicted octanol–water partition coefficient (Wildman–Crippen LogP) is 7.05. The number of pyridine rings is 1. The van der Waals surface area contributed by atoms with Crippen LogP contribution in [0, 0.1) is 0 Å². The van der Waals surface area contributed by atoms with Gasteiger partial charge in [-0.3, -0.25) is 4.98 Å². The van der Waals surface area contributed by atoms with Crippen LogP contribution < -0.4 is 10.4 Å². The third-order valence-corrected chi connectivity index (χ3v) is 13.4. The Morgan fingerprint density at radius 1 is 0.956 bits per heavy atom. The quantitative estimate of drug-likeness (QED) is 0.177. The summed E-state index contributed by atoms with van der Waals surface area (Å²) in [6, 6.07) is 34.3. The largest absolute Gasteiger partial charge is 0.507 e. The maximum Gasteiger partial charge on any atom is 0.458 e. The highest BCUT2D eigenvalue weighted by atomic mass is 28.4. The van der Waals surface area contributed by atoms with E-state index in [2.05, 4.69) is 80.9 Å². The molecule has 4 aromatic rings. The fourth-order valence-electron chi connectivity index (χ4n) is 6.22. The van der Waals surface area contributed by atoms with Crippen molar-refractivity contribution in [3.63, 3.8) is 0 Å². The molecule has 5 rings (SSSR count). The molecule has 1 aliphatic rings. The van der Waals surface area contributed by atoms with Crippen molar-refractivity contribution < 1.29 is 19.2 Å². The first-order valence-electron chi connectivity index (χ1n) is 15.6. The first-order chi connectivity index (χ1) is 21.7. The summed E-state index contributed by atoms with van der Waals surface area (Å²) in [5, 5.41) is 23.3. The van der Waals surface area contributed by atoms with Crippen molar-refractivity contribution in [2.24, 2.45) is 0 Å². The summed E-state index contributed by atoms with van der Waals surface area (Å²) >= 11 is 0. The summed E-state index contributed by atoms with van der Waals surface area (Å²) in [4.78, 5) is 4.59. The Kier molecular flexibility index (Phi) is 10.4. The van der Waals surface area contributed by atoms with E-state index in [1.165, 1.54) is 10.4 Å². The minimum absolute atomic E-state index is 0.158. The van der Waals surface area contributed by atoms with Gasteiger partial charge in [-0.2, -0.15) is 0 Å². The fourth-order valence-corrected chi connectivity index (χ4v) is 10.8. The molecular formula is C38H42BNO4Si. The predicted molar refractivity (Wildman–Crippen MR) is 188 cm³/mol. The smallest absolute Gasteiger partial charge is 0.458 e. The van der Waals surface area contributed by atoms with Gasteiger partial charge in [-0.25, -0.2) is 0 Å². The number of rotatable bonds is 11. The second-order valence-corrected chi connectivity index (χ2v) is 16.8. The maximum absolute atomic E-state index is 10.5. The van der Waals surface area contributed by atoms with Gasteiger partial charge >= 0.3 is 7.12 Å². The summed E-state index contributed by atoms with van der Waals surface area (Å²) in [5.74, 6) is 0.213. The minimum Gasteiger partial charge on any atom is -0.507 e. The summed E-state index contributed by atoms with van der Waals surface area (Å²) < 4.78 is 13.3. The number of para-hydroxylation sites is 1. The van der Waals surface area contributed by atoms with Crippen LogP contribution in [0.2, 0.25) is 11.4 Å². The lowest BCUT2D eigenvalue weighted by Gasteiger charge is -2.43. The highest BCUT2D eigenvalue weighted by Gasteiger charge is 2.50. The Balaban J connectivity index is 1.41. The molecule has 1 aliphatic heterocycles. The highest BCUT2D eigenvalue weighted by molar-refractivity contribution is 6.99. The molecule has 0 saturated heterocycles. The Morgan fingerprint density at radius 3 is 2.18 bits per heavy atom. The second kappa shape index (κ2) is 14.4. The number of phenols is 1. The molecule has 2 heterocycles. The number of aromatic nitrogens is 1. The summed E-state index contributed by atoms with van der Waals surface area (Å²) in [5.41, 5.74) is 4.33. The van der Waals surface area contributed by atoms with E-state index in [1.807, 2.05) is 60.7 Å². The zero-order valence-corrected chi connectivity index (χ0v) is 27.4. The third kappa shape index (κ3) is 7.46. The van der Waals surface area contributed by atoms with Gasteiger partial charge in [0.15, 0.2) is 0 Å². The highest BCUT2D eigenvalue weighted by Crippen LogP contribution is 2.38. The Hall–Kier alpha value is -4.01. The molecule has 1 aromatic heterocycles. The van der Waals surface area contributed by atoms with E-state index in [4.69, 9.17) is 9.08 Å². The monoisotopic (exact) mass is 615 g/mol. The van der Waals surface area contributed by atoms with Gasteiger partial charge in [0.2, 0.25) is 0 Å². The molecule has 2 N–H and O–H groups in total. The Bertz CT molecular complexity index is 1600. The molecule has 5 nitrogen and oxygen atoms in total. The number of allylic oxidation sites excluding steroid dienone is 2. The van der Waals surface area contributed by atoms with Gasteiger partial charge in [0.25, 0.3) is 8.32 Å². The van der Waals surface area contributed by atoms with Crippen LogP contribution in [-0.4, -0.2) is 43.3 Å². The van der Waals surface area contributed by atoms with E-state index >= 15 is 0 Å². The topological polar surface area (TPSA) is 71.8 Å². The Morgan fingerprint density at radius 2 is 1.58 bits per heavy atom. The standard InChI is InChI=1S/C38H42BNO4Si/c1-29(28-43-45(38(2,3)4,32-16-7-5-8-17-32)33-18-9-6-10-19-33)34-24-25-39(42)44-37(34)23-22-30(35-20-13-14-26-40-35)27-31-15-11-12-21-36(31)41/h5-21,24,26-27,37,41-42H,1,22-23,25,28H2,2-4H3/b30-27-. The molecule has 1 atom stereocenters. The number of phenolic OH excluding ortho intramolecular Hbond substituents is 1. The second-order valence-electron chi connectivity index (χ2n) is 12.5. The van der Waals surface area contributed by atoms with E-state index in [-0.39, 0.29) is 16.9 Å². The summed E-state index contributed by atoms with van der Waals surface area (Å²) in [6.45, 7) is 11.6. The molecule has 0 fully saturated rings. The minimum atomic E-state index is -2.76. The van der Waals surface area contributed by atoms with E-state index in [9.17, 15) is 10.1 Å². The lowest BCUT2D eigenvalue weighted by molar-refractivity contribution is 0.182. The van der Waals surface area contributed by atoms with Crippen molar-refractivity contribution in [1.82, 2.24) is 4.98 Å². The zero-order valence-electron chi connectivity index (χ0n) is 26.4. The van der Waals surface area contributed by atoms with Gasteiger partial charge in [0.1, 0.15) is 5.75 Å². The van der Waals surface area contributed by atoms with Gasteiger partial charge in [-0.05, 0) is 69.2 Å². The van der Waals surface area contributed by atoms with Crippen LogP contribution in [-0.2, 0) is 9.08 Å². The number of aromatic hydroxyl groups is 1. The number of hydrogen-bond donors (Lipinski definition) is 2. The lowest BCUT2D eigenvalue weighted by atomic mass is 9.78. The third-order valence-electron chi connectivity index (χ3n) is 8.43. The van der Waals surface area contributed by atoms with Crippen molar-refractivity contribution in [3.05, 3.63) is 144 Å². The molecule has 3 aromatic carbocycles. The van der Waals surface area contributed by atoms with Gasteiger partial charge in [-0.1, -0.05) is 118 Å². The van der Waals surface area contributed by atoms with Crippen molar-refractivity contribution >= 4 is 37.5 Å². The van der Waals surface area contributed by atoms with Gasteiger partial charge < -0.3 is 19.2 Å². The van der Waals surface area contributed by atoms with E-state index < -0.39 is 15.4 Å². The van der Waals surface area contributed by atoms with E-state index in [1.54, 1.807) is 12.3 Å². The SMILES string of the molecule is C=C(CO[Si](c1ccccc1)(c1ccccc1)C(C)(C)C)C1=CCB(O)OC1CC/C(=C/c1ccccc1O)c1ccccn1. The first kappa shape index (κ1) is 32.4. The van der Waals surface area contributed by atoms with Crippen LogP contribution in [0.3, 0.4) is 0 Å². The molecule has 0 amide bonds. The van der Waals surface area contributed by atoms with Gasteiger partial charge in [0, 0.05) is 18.1 Å². The maximum atomic E-state index is 10.5. The van der Waals surface area contributed by atoms with E-state index in [0.717, 1.165) is 28.0 Å². The molecule has 45 heavy (non-hydrogen) atoms. The number of benzene rings is 3. The van der Waals surface area contributed by atoms with Crippen LogP contribution in [0.25, 0.3) is 11.6 Å². The van der Waals surface area contributed by atoms with Crippen molar-refractivity contribution in [2.75, 3.05) is 6.61 Å². The average molecular weight is 616 g/mol. The van der Waals surface area contributed by atoms with Crippen molar-refractivity contribution in [1.29, 1.82) is 0 Å². The van der Waals surface area contributed by atoms with Crippen molar-refractivity contribution in [3.8, 4) is 5.75 Å². The van der Waals surface area contributed by atoms with Crippen LogP contribution >= 0.6 is 0 Å². The first-order valence-corrected chi connectivity index (χ1v) is 17.5. The normalized spacial score (nSPS) is 15.9. The molecule has 230 valence electrons. The average Bonchev–Trinajstić information content (AvgIpc) is 3.05. The Labute approximate surface area is 268 Å². The summed E-state index contributed by atoms with van der Waals surface area (Å²) in [6.07, 6.45) is 7.01. The molecule has 1 unspecified atom stereocenters. The van der Waals surface area contributed by atoms with Crippen LogP contribution in [0.5, 0.6) is 5.75 Å². The zero-order chi connectivity index (χ0) is 31.9. The van der Waals surface area contributed by atoms with Crippen LogP contribution in [0.4, 0.5) is 0 Å². The number of hydrogen-bond acceptors (Lipinski definition) is 5. The van der Waals surface area contributed by atoms with Crippen LogP contribution in [0.1, 0.15) is 44.9 Å². The lowest BCUT2D eigenvalue weighted by Crippen LogP contribution is -2.66. The molecule has 7 heteroatoms. The number of nitrogens with zero attached hydrogens (tertiary/aromatic N) is 1. The van der Waals surface area contributed by atoms with Gasteiger partial charge in [-0.15, -0.1) is 0 Å². The van der Waals surface area contributed by atoms with Crippen molar-refractivity contribution in [2.45, 2.75) is 51.1 Å². The summed E-state index contributed by atoms with van der Waals surface area (Å²) in [7, 11) is -3.64. The van der Waals surface area contributed by atoms with E-state index in [0.29, 0.717) is 25.8 Å². The molecule has 0 spiro atoms. The van der Waals surface area contributed by atoms with Gasteiger partial charge in [0.05, 0.1) is 18.4 Å². The fraction of sp³-hybridized carbons (Fsp3) is 0.237. The molecule has 0 radical (unpaired) electrons. The molecule has 0 saturated carbocycles.